The van der Waals surface area contributed by atoms with Gasteiger partial charge in [0.25, 0.3) is 0 Å². The van der Waals surface area contributed by atoms with Crippen LogP contribution >= 0.6 is 0 Å². The number of ether oxygens (including phenoxy) is 1. The Kier molecular flexibility index (Phi) is 5.00. The van der Waals surface area contributed by atoms with E-state index in [0.717, 1.165) is 17.8 Å². The summed E-state index contributed by atoms with van der Waals surface area (Å²) in [5, 5.41) is 13.6. The van der Waals surface area contributed by atoms with Gasteiger partial charge in [-0.05, 0) is 56.8 Å². The first kappa shape index (κ1) is 14.8. The molecule has 0 saturated heterocycles. The van der Waals surface area contributed by atoms with Crippen LogP contribution in [0.3, 0.4) is 0 Å². The third kappa shape index (κ3) is 3.55. The molecule has 5 atom stereocenters. The van der Waals surface area contributed by atoms with E-state index >= 15 is 0 Å². The summed E-state index contributed by atoms with van der Waals surface area (Å²) in [6.07, 6.45) is 10.8. The lowest BCUT2D eigenvalue weighted by Crippen LogP contribution is -2.41. The number of hydrogen-bond donors (Lipinski definition) is 2. The highest BCUT2D eigenvalue weighted by Crippen LogP contribution is 2.49. The van der Waals surface area contributed by atoms with Crippen molar-refractivity contribution >= 4 is 0 Å². The lowest BCUT2D eigenvalue weighted by Gasteiger charge is -2.29. The second-order valence-corrected chi connectivity index (χ2v) is 7.43. The molecule has 3 aliphatic carbocycles. The largest absolute Gasteiger partial charge is 0.389 e. The standard InChI is InChI=1S/C17H31NO2/c1-12(17-9-13-6-7-14(17)8-13)18-10-15(19)11-20-16-4-2-3-5-16/h12-19H,2-11H2,1H3. The third-order valence-corrected chi connectivity index (χ3v) is 5.94. The molecule has 3 heteroatoms. The molecule has 0 aromatic heterocycles. The zero-order valence-electron chi connectivity index (χ0n) is 12.9. The fourth-order valence-electron chi connectivity index (χ4n) is 4.74. The van der Waals surface area contributed by atoms with Gasteiger partial charge in [-0.1, -0.05) is 19.3 Å². The zero-order valence-corrected chi connectivity index (χ0v) is 12.9. The number of hydrogen-bond acceptors (Lipinski definition) is 3. The molecule has 0 aliphatic heterocycles. The van der Waals surface area contributed by atoms with Gasteiger partial charge in [0, 0.05) is 12.6 Å². The van der Waals surface area contributed by atoms with E-state index < -0.39 is 0 Å². The number of rotatable bonds is 7. The van der Waals surface area contributed by atoms with Gasteiger partial charge in [0.15, 0.2) is 0 Å². The lowest BCUT2D eigenvalue weighted by molar-refractivity contribution is -0.00693. The van der Waals surface area contributed by atoms with E-state index in [9.17, 15) is 5.11 Å². The molecule has 2 bridgehead atoms. The molecule has 116 valence electrons. The SMILES string of the molecule is CC(NCC(O)COC1CCCC1)C1CC2CCC1C2. The Hall–Kier alpha value is -0.120. The maximum atomic E-state index is 10.0. The minimum Gasteiger partial charge on any atom is -0.389 e. The first-order chi connectivity index (χ1) is 9.72. The van der Waals surface area contributed by atoms with Crippen LogP contribution in [0.25, 0.3) is 0 Å². The summed E-state index contributed by atoms with van der Waals surface area (Å²) in [6, 6.07) is 0.548. The van der Waals surface area contributed by atoms with Gasteiger partial charge in [0.1, 0.15) is 0 Å². The molecular formula is C17H31NO2. The number of aliphatic hydroxyl groups is 1. The fraction of sp³-hybridized carbons (Fsp3) is 1.00. The van der Waals surface area contributed by atoms with Crippen molar-refractivity contribution in [2.24, 2.45) is 17.8 Å². The maximum Gasteiger partial charge on any atom is 0.0897 e. The first-order valence-corrected chi connectivity index (χ1v) is 8.75. The molecule has 2 N–H and O–H groups in total. The van der Waals surface area contributed by atoms with Gasteiger partial charge in [-0.3, -0.25) is 0 Å². The molecule has 0 heterocycles. The van der Waals surface area contributed by atoms with Gasteiger partial charge in [-0.25, -0.2) is 0 Å². The van der Waals surface area contributed by atoms with E-state index in [1.54, 1.807) is 0 Å². The second-order valence-electron chi connectivity index (χ2n) is 7.43. The maximum absolute atomic E-state index is 10.0. The molecule has 3 fully saturated rings. The van der Waals surface area contributed by atoms with Crippen molar-refractivity contribution < 1.29 is 9.84 Å². The zero-order chi connectivity index (χ0) is 13.9. The van der Waals surface area contributed by atoms with Crippen LogP contribution in [-0.4, -0.2) is 36.5 Å². The predicted molar refractivity (Wildman–Crippen MR) is 80.6 cm³/mol. The van der Waals surface area contributed by atoms with E-state index in [1.165, 1.54) is 51.4 Å². The van der Waals surface area contributed by atoms with E-state index in [4.69, 9.17) is 4.74 Å². The van der Waals surface area contributed by atoms with Crippen molar-refractivity contribution in [3.8, 4) is 0 Å². The summed E-state index contributed by atoms with van der Waals surface area (Å²) >= 11 is 0. The fourth-order valence-corrected chi connectivity index (χ4v) is 4.74. The van der Waals surface area contributed by atoms with Crippen molar-refractivity contribution in [2.45, 2.75) is 76.5 Å². The van der Waals surface area contributed by atoms with Crippen LogP contribution in [-0.2, 0) is 4.74 Å². The summed E-state index contributed by atoms with van der Waals surface area (Å²) < 4.78 is 5.78. The van der Waals surface area contributed by atoms with E-state index in [0.29, 0.717) is 25.3 Å². The average molecular weight is 281 g/mol. The summed E-state index contributed by atoms with van der Waals surface area (Å²) in [5.41, 5.74) is 0. The minimum absolute atomic E-state index is 0.350. The number of fused-ring (bicyclic) bond motifs is 2. The molecule has 0 spiro atoms. The van der Waals surface area contributed by atoms with Gasteiger partial charge in [0.05, 0.1) is 18.8 Å². The topological polar surface area (TPSA) is 41.5 Å². The van der Waals surface area contributed by atoms with Crippen molar-refractivity contribution in [3.05, 3.63) is 0 Å². The molecule has 3 saturated carbocycles. The minimum atomic E-state index is -0.350. The van der Waals surface area contributed by atoms with Crippen LogP contribution in [0.1, 0.15) is 58.3 Å². The Balaban J connectivity index is 1.31. The molecule has 3 rings (SSSR count). The second kappa shape index (κ2) is 6.76. The molecule has 0 aromatic carbocycles. The van der Waals surface area contributed by atoms with Gasteiger partial charge < -0.3 is 15.2 Å². The average Bonchev–Trinajstić information content (AvgIpc) is 3.18. The number of nitrogens with one attached hydrogen (secondary N) is 1. The molecule has 20 heavy (non-hydrogen) atoms. The van der Waals surface area contributed by atoms with Crippen LogP contribution in [0.5, 0.6) is 0 Å². The summed E-state index contributed by atoms with van der Waals surface area (Å²) in [4.78, 5) is 0. The smallest absolute Gasteiger partial charge is 0.0897 e. The Labute approximate surface area is 123 Å². The van der Waals surface area contributed by atoms with Crippen molar-refractivity contribution in [2.75, 3.05) is 13.2 Å². The van der Waals surface area contributed by atoms with E-state index in [1.807, 2.05) is 0 Å². The van der Waals surface area contributed by atoms with Crippen molar-refractivity contribution in [1.29, 1.82) is 0 Å². The molecule has 0 aromatic rings. The summed E-state index contributed by atoms with van der Waals surface area (Å²) in [6.45, 7) is 3.48. The molecule has 3 aliphatic rings. The van der Waals surface area contributed by atoms with Crippen LogP contribution < -0.4 is 5.32 Å². The normalized spacial score (nSPS) is 36.6. The highest BCUT2D eigenvalue weighted by molar-refractivity contribution is 4.94. The quantitative estimate of drug-likeness (QED) is 0.754. The van der Waals surface area contributed by atoms with Gasteiger partial charge in [-0.15, -0.1) is 0 Å². The van der Waals surface area contributed by atoms with Gasteiger partial charge >= 0.3 is 0 Å². The highest BCUT2D eigenvalue weighted by Gasteiger charge is 2.41. The third-order valence-electron chi connectivity index (χ3n) is 5.94. The Morgan fingerprint density at radius 1 is 1.15 bits per heavy atom. The number of aliphatic hydroxyl groups excluding tert-OH is 1. The Bertz CT molecular complexity index is 303. The van der Waals surface area contributed by atoms with Crippen LogP contribution in [0.2, 0.25) is 0 Å². The monoisotopic (exact) mass is 281 g/mol. The van der Waals surface area contributed by atoms with E-state index in [2.05, 4.69) is 12.2 Å². The van der Waals surface area contributed by atoms with Gasteiger partial charge in [0.2, 0.25) is 0 Å². The van der Waals surface area contributed by atoms with Gasteiger partial charge in [-0.2, -0.15) is 0 Å². The Morgan fingerprint density at radius 3 is 2.60 bits per heavy atom. The molecule has 0 radical (unpaired) electrons. The van der Waals surface area contributed by atoms with E-state index in [-0.39, 0.29) is 6.10 Å². The summed E-state index contributed by atoms with van der Waals surface area (Å²) in [5.74, 6) is 2.80. The first-order valence-electron chi connectivity index (χ1n) is 8.75. The van der Waals surface area contributed by atoms with Crippen LogP contribution in [0, 0.1) is 17.8 Å². The van der Waals surface area contributed by atoms with Crippen LogP contribution in [0.15, 0.2) is 0 Å². The lowest BCUT2D eigenvalue weighted by atomic mass is 9.84. The molecule has 3 nitrogen and oxygen atoms in total. The van der Waals surface area contributed by atoms with Crippen LogP contribution in [0.4, 0.5) is 0 Å². The van der Waals surface area contributed by atoms with Crippen molar-refractivity contribution in [3.63, 3.8) is 0 Å². The highest BCUT2D eigenvalue weighted by atomic mass is 16.5. The Morgan fingerprint density at radius 2 is 1.95 bits per heavy atom. The molecular weight excluding hydrogens is 250 g/mol. The molecule has 0 amide bonds. The predicted octanol–water partition coefficient (Wildman–Crippen LogP) is 2.72. The molecule has 5 unspecified atom stereocenters. The van der Waals surface area contributed by atoms with Crippen molar-refractivity contribution in [1.82, 2.24) is 5.32 Å². The summed E-state index contributed by atoms with van der Waals surface area (Å²) in [7, 11) is 0.